The standard InChI is InChI=1S/C11H17N3O2/c1-11(2)8-16-4-3-14(11)10-12-5-9(7-15)6-13-10/h5-6,15H,3-4,7-8H2,1-2H3. The zero-order valence-corrected chi connectivity index (χ0v) is 9.68. The molecule has 1 fully saturated rings. The molecule has 16 heavy (non-hydrogen) atoms. The Morgan fingerprint density at radius 3 is 2.69 bits per heavy atom. The second-order valence-electron chi connectivity index (χ2n) is 4.57. The van der Waals surface area contributed by atoms with Crippen molar-refractivity contribution in [3.8, 4) is 0 Å². The first-order valence-corrected chi connectivity index (χ1v) is 5.41. The summed E-state index contributed by atoms with van der Waals surface area (Å²) in [6.07, 6.45) is 3.32. The van der Waals surface area contributed by atoms with E-state index in [-0.39, 0.29) is 12.1 Å². The van der Waals surface area contributed by atoms with Crippen LogP contribution >= 0.6 is 0 Å². The maximum Gasteiger partial charge on any atom is 0.225 e. The van der Waals surface area contributed by atoms with Crippen LogP contribution in [0.15, 0.2) is 12.4 Å². The number of aliphatic hydroxyl groups is 1. The monoisotopic (exact) mass is 223 g/mol. The first kappa shape index (κ1) is 11.3. The Bertz CT molecular complexity index is 351. The number of aliphatic hydroxyl groups excluding tert-OH is 1. The van der Waals surface area contributed by atoms with Gasteiger partial charge in [-0.1, -0.05) is 0 Å². The molecule has 1 saturated heterocycles. The number of hydrogen-bond acceptors (Lipinski definition) is 5. The van der Waals surface area contributed by atoms with E-state index in [0.29, 0.717) is 19.2 Å². The molecule has 0 atom stereocenters. The molecule has 1 N–H and O–H groups in total. The molecule has 0 aliphatic carbocycles. The quantitative estimate of drug-likeness (QED) is 0.795. The van der Waals surface area contributed by atoms with E-state index in [9.17, 15) is 0 Å². The van der Waals surface area contributed by atoms with Gasteiger partial charge in [0.05, 0.1) is 25.4 Å². The average molecular weight is 223 g/mol. The van der Waals surface area contributed by atoms with E-state index in [4.69, 9.17) is 9.84 Å². The minimum atomic E-state index is -0.0843. The molecule has 88 valence electrons. The van der Waals surface area contributed by atoms with Crippen molar-refractivity contribution in [2.24, 2.45) is 0 Å². The van der Waals surface area contributed by atoms with Gasteiger partial charge in [0, 0.05) is 24.5 Å². The van der Waals surface area contributed by atoms with E-state index < -0.39 is 0 Å². The zero-order valence-electron chi connectivity index (χ0n) is 9.68. The van der Waals surface area contributed by atoms with E-state index >= 15 is 0 Å². The topological polar surface area (TPSA) is 58.5 Å². The minimum Gasteiger partial charge on any atom is -0.392 e. The van der Waals surface area contributed by atoms with Crippen LogP contribution in [0.5, 0.6) is 0 Å². The highest BCUT2D eigenvalue weighted by atomic mass is 16.5. The zero-order chi connectivity index (χ0) is 11.6. The lowest BCUT2D eigenvalue weighted by Gasteiger charge is -2.42. The largest absolute Gasteiger partial charge is 0.392 e. The van der Waals surface area contributed by atoms with Crippen LogP contribution in [0, 0.1) is 0 Å². The van der Waals surface area contributed by atoms with Crippen LogP contribution in [-0.2, 0) is 11.3 Å². The van der Waals surface area contributed by atoms with Gasteiger partial charge in [0.15, 0.2) is 0 Å². The van der Waals surface area contributed by atoms with Gasteiger partial charge in [0.1, 0.15) is 0 Å². The van der Waals surface area contributed by atoms with E-state index in [2.05, 4.69) is 28.7 Å². The van der Waals surface area contributed by atoms with Crippen molar-refractivity contribution >= 4 is 5.95 Å². The molecule has 0 unspecified atom stereocenters. The van der Waals surface area contributed by atoms with Crippen LogP contribution in [-0.4, -0.2) is 40.4 Å². The predicted molar refractivity (Wildman–Crippen MR) is 60.2 cm³/mol. The number of ether oxygens (including phenoxy) is 1. The van der Waals surface area contributed by atoms with Gasteiger partial charge >= 0.3 is 0 Å². The van der Waals surface area contributed by atoms with E-state index in [0.717, 1.165) is 12.1 Å². The first-order chi connectivity index (χ1) is 7.63. The van der Waals surface area contributed by atoms with Gasteiger partial charge in [-0.25, -0.2) is 9.97 Å². The van der Waals surface area contributed by atoms with E-state index in [1.807, 2.05) is 0 Å². The summed E-state index contributed by atoms with van der Waals surface area (Å²) in [6.45, 7) is 6.37. The molecule has 5 nitrogen and oxygen atoms in total. The molecule has 5 heteroatoms. The van der Waals surface area contributed by atoms with Gasteiger partial charge in [-0.15, -0.1) is 0 Å². The number of morpholine rings is 1. The summed E-state index contributed by atoms with van der Waals surface area (Å²) in [7, 11) is 0. The average Bonchev–Trinajstić information content (AvgIpc) is 2.29. The summed E-state index contributed by atoms with van der Waals surface area (Å²) in [5.41, 5.74) is 0.647. The fourth-order valence-corrected chi connectivity index (χ4v) is 1.80. The summed E-state index contributed by atoms with van der Waals surface area (Å²) < 4.78 is 5.44. The molecule has 2 rings (SSSR count). The third-order valence-electron chi connectivity index (χ3n) is 2.76. The highest BCUT2D eigenvalue weighted by Gasteiger charge is 2.32. The van der Waals surface area contributed by atoms with Crippen LogP contribution in [0.1, 0.15) is 19.4 Å². The van der Waals surface area contributed by atoms with E-state index in [1.165, 1.54) is 0 Å². The Labute approximate surface area is 95.1 Å². The number of aromatic nitrogens is 2. The SMILES string of the molecule is CC1(C)COCCN1c1ncc(CO)cn1. The number of nitrogens with zero attached hydrogens (tertiary/aromatic N) is 3. The molecular weight excluding hydrogens is 206 g/mol. The Morgan fingerprint density at radius 1 is 1.44 bits per heavy atom. The van der Waals surface area contributed by atoms with Crippen molar-refractivity contribution in [3.63, 3.8) is 0 Å². The fraction of sp³-hybridized carbons (Fsp3) is 0.636. The normalized spacial score (nSPS) is 19.8. The first-order valence-electron chi connectivity index (χ1n) is 5.41. The van der Waals surface area contributed by atoms with Gasteiger partial charge in [0.25, 0.3) is 0 Å². The number of anilines is 1. The minimum absolute atomic E-state index is 0.0210. The molecule has 0 bridgehead atoms. The lowest BCUT2D eigenvalue weighted by Crippen LogP contribution is -2.53. The third kappa shape index (κ3) is 2.15. The Hall–Kier alpha value is -1.20. The van der Waals surface area contributed by atoms with Crippen molar-refractivity contribution in [3.05, 3.63) is 18.0 Å². The smallest absolute Gasteiger partial charge is 0.225 e. The number of hydrogen-bond donors (Lipinski definition) is 1. The molecule has 1 aromatic heterocycles. The van der Waals surface area contributed by atoms with Crippen molar-refractivity contribution in [1.29, 1.82) is 0 Å². The summed E-state index contributed by atoms with van der Waals surface area (Å²) in [5, 5.41) is 8.93. The molecule has 0 radical (unpaired) electrons. The van der Waals surface area contributed by atoms with Crippen molar-refractivity contribution in [2.75, 3.05) is 24.7 Å². The maximum absolute atomic E-state index is 8.93. The van der Waals surface area contributed by atoms with Crippen molar-refractivity contribution in [1.82, 2.24) is 9.97 Å². The van der Waals surface area contributed by atoms with Gasteiger partial charge < -0.3 is 14.7 Å². The molecule has 0 aromatic carbocycles. The summed E-state index contributed by atoms with van der Waals surface area (Å²) in [5.74, 6) is 0.700. The Balaban J connectivity index is 2.21. The lowest BCUT2D eigenvalue weighted by atomic mass is 10.0. The Kier molecular flexibility index (Phi) is 3.07. The van der Waals surface area contributed by atoms with Crippen LogP contribution in [0.25, 0.3) is 0 Å². The Morgan fingerprint density at radius 2 is 2.12 bits per heavy atom. The molecular formula is C11H17N3O2. The van der Waals surface area contributed by atoms with Gasteiger partial charge in [0.2, 0.25) is 5.95 Å². The third-order valence-corrected chi connectivity index (χ3v) is 2.76. The van der Waals surface area contributed by atoms with Crippen LogP contribution < -0.4 is 4.90 Å². The fourth-order valence-electron chi connectivity index (χ4n) is 1.80. The van der Waals surface area contributed by atoms with Crippen LogP contribution in [0.3, 0.4) is 0 Å². The predicted octanol–water partition coefficient (Wildman–Crippen LogP) is 0.584. The van der Waals surface area contributed by atoms with Gasteiger partial charge in [-0.05, 0) is 13.8 Å². The summed E-state index contributed by atoms with van der Waals surface area (Å²) >= 11 is 0. The highest BCUT2D eigenvalue weighted by molar-refractivity contribution is 5.35. The molecule has 1 aliphatic heterocycles. The van der Waals surface area contributed by atoms with Gasteiger partial charge in [-0.3, -0.25) is 0 Å². The van der Waals surface area contributed by atoms with Crippen LogP contribution in [0.4, 0.5) is 5.95 Å². The molecule has 0 spiro atoms. The van der Waals surface area contributed by atoms with E-state index in [1.54, 1.807) is 12.4 Å². The molecule has 0 amide bonds. The second-order valence-corrected chi connectivity index (χ2v) is 4.57. The second kappa shape index (κ2) is 4.35. The van der Waals surface area contributed by atoms with Crippen LogP contribution in [0.2, 0.25) is 0 Å². The molecule has 2 heterocycles. The summed E-state index contributed by atoms with van der Waals surface area (Å²) in [4.78, 5) is 10.7. The maximum atomic E-state index is 8.93. The summed E-state index contributed by atoms with van der Waals surface area (Å²) in [6, 6.07) is 0. The molecule has 0 saturated carbocycles. The van der Waals surface area contributed by atoms with Crippen molar-refractivity contribution in [2.45, 2.75) is 26.0 Å². The highest BCUT2D eigenvalue weighted by Crippen LogP contribution is 2.23. The lowest BCUT2D eigenvalue weighted by molar-refractivity contribution is 0.0633. The molecule has 1 aliphatic rings. The molecule has 1 aromatic rings. The van der Waals surface area contributed by atoms with Gasteiger partial charge in [-0.2, -0.15) is 0 Å². The number of rotatable bonds is 2. The van der Waals surface area contributed by atoms with Crippen molar-refractivity contribution < 1.29 is 9.84 Å².